The number of sulfonamides is 1. The lowest BCUT2D eigenvalue weighted by atomic mass is 10.3. The highest BCUT2D eigenvalue weighted by Gasteiger charge is 2.29. The van der Waals surface area contributed by atoms with E-state index in [4.69, 9.17) is 4.74 Å². The normalized spacial score (nSPS) is 12.1. The molecule has 1 amide bonds. The Kier molecular flexibility index (Phi) is 7.54. The number of ether oxygens (including phenoxy) is 1. The zero-order valence-electron chi connectivity index (χ0n) is 14.4. The molecule has 0 heterocycles. The summed E-state index contributed by atoms with van der Waals surface area (Å²) >= 11 is 0. The second kappa shape index (κ2) is 8.99. The average Bonchev–Trinajstić information content (AvgIpc) is 2.58. The number of nitrogens with one attached hydrogen (secondary N) is 1. The molecule has 13 heteroatoms. The minimum absolute atomic E-state index is 0.157. The van der Waals surface area contributed by atoms with Gasteiger partial charge in [-0.05, 0) is 12.1 Å². The lowest BCUT2D eigenvalue weighted by Gasteiger charge is -2.18. The molecule has 0 aromatic heterocycles. The molecular weight excluding hydrogens is 395 g/mol. The highest BCUT2D eigenvalue weighted by Crippen LogP contribution is 2.30. The fraction of sp³-hybridized carbons (Fsp3) is 0.500. The number of alkyl halides is 3. The van der Waals surface area contributed by atoms with Crippen LogP contribution in [0.15, 0.2) is 23.1 Å². The molecule has 1 aromatic rings. The molecule has 0 aliphatic rings. The van der Waals surface area contributed by atoms with E-state index >= 15 is 0 Å². The summed E-state index contributed by atoms with van der Waals surface area (Å²) in [5, 5.41) is 12.7. The number of nitro benzene ring substituents is 1. The maximum absolute atomic E-state index is 12.4. The largest absolute Gasteiger partial charge is 0.477 e. The van der Waals surface area contributed by atoms with Crippen molar-refractivity contribution in [3.63, 3.8) is 0 Å². The first kappa shape index (κ1) is 22.6. The molecule has 9 nitrogen and oxygen atoms in total. The van der Waals surface area contributed by atoms with E-state index in [1.54, 1.807) is 19.2 Å². The number of hydrogen-bond donors (Lipinski definition) is 1. The van der Waals surface area contributed by atoms with E-state index in [9.17, 15) is 36.5 Å². The lowest BCUT2D eigenvalue weighted by molar-refractivity contribution is -0.386. The van der Waals surface area contributed by atoms with Crippen molar-refractivity contribution in [1.82, 2.24) is 9.62 Å². The van der Waals surface area contributed by atoms with Crippen LogP contribution in [0.25, 0.3) is 0 Å². The van der Waals surface area contributed by atoms with Gasteiger partial charge in [0.15, 0.2) is 12.4 Å². The summed E-state index contributed by atoms with van der Waals surface area (Å²) in [6, 6.07) is 2.81. The number of nitro groups is 1. The molecule has 0 spiro atoms. The summed E-state index contributed by atoms with van der Waals surface area (Å²) in [6.07, 6.45) is -4.61. The fourth-order valence-corrected chi connectivity index (χ4v) is 3.51. The molecule has 27 heavy (non-hydrogen) atoms. The summed E-state index contributed by atoms with van der Waals surface area (Å²) in [6.45, 7) is 1.05. The summed E-state index contributed by atoms with van der Waals surface area (Å²) < 4.78 is 66.9. The molecule has 0 saturated heterocycles. The van der Waals surface area contributed by atoms with Gasteiger partial charge in [0.1, 0.15) is 6.54 Å². The quantitative estimate of drug-likeness (QED) is 0.486. The van der Waals surface area contributed by atoms with Crippen LogP contribution >= 0.6 is 0 Å². The molecule has 0 aliphatic carbocycles. The lowest BCUT2D eigenvalue weighted by Crippen LogP contribution is -2.36. The smallest absolute Gasteiger partial charge is 0.405 e. The molecule has 0 bridgehead atoms. The van der Waals surface area contributed by atoms with Crippen LogP contribution in [-0.2, 0) is 14.8 Å². The van der Waals surface area contributed by atoms with Gasteiger partial charge in [0.05, 0.1) is 9.82 Å². The minimum Gasteiger partial charge on any atom is -0.477 e. The Bertz CT molecular complexity index is 794. The van der Waals surface area contributed by atoms with Gasteiger partial charge in [0.2, 0.25) is 10.0 Å². The highest BCUT2D eigenvalue weighted by atomic mass is 32.2. The van der Waals surface area contributed by atoms with Gasteiger partial charge >= 0.3 is 11.9 Å². The molecule has 0 unspecified atom stereocenters. The van der Waals surface area contributed by atoms with E-state index < -0.39 is 51.6 Å². The van der Waals surface area contributed by atoms with Crippen molar-refractivity contribution in [3.05, 3.63) is 28.3 Å². The Morgan fingerprint density at radius 3 is 2.37 bits per heavy atom. The molecule has 1 aromatic carbocycles. The maximum Gasteiger partial charge on any atom is 0.405 e. The summed E-state index contributed by atoms with van der Waals surface area (Å²) in [4.78, 5) is 21.3. The standard InChI is InChI=1S/C14H18F3N3O6S/c1-3-19(4-2)27(24,25)10-5-6-12(11(7-10)20(22)23)26-8-13(21)18-9-14(15,16)17/h5-7H,3-4,8-9H2,1-2H3,(H,18,21). The van der Waals surface area contributed by atoms with Crippen LogP contribution < -0.4 is 10.1 Å². The summed E-state index contributed by atoms with van der Waals surface area (Å²) in [7, 11) is -3.96. The maximum atomic E-state index is 12.4. The van der Waals surface area contributed by atoms with E-state index in [0.29, 0.717) is 0 Å². The summed E-state index contributed by atoms with van der Waals surface area (Å²) in [5.41, 5.74) is -0.730. The highest BCUT2D eigenvalue weighted by molar-refractivity contribution is 7.89. The first-order valence-corrected chi connectivity index (χ1v) is 9.11. The second-order valence-electron chi connectivity index (χ2n) is 5.16. The van der Waals surface area contributed by atoms with Crippen molar-refractivity contribution in [2.75, 3.05) is 26.2 Å². The van der Waals surface area contributed by atoms with Crippen LogP contribution in [0.5, 0.6) is 5.75 Å². The van der Waals surface area contributed by atoms with E-state index in [-0.39, 0.29) is 18.0 Å². The molecule has 1 N–H and O–H groups in total. The van der Waals surface area contributed by atoms with Crippen molar-refractivity contribution in [2.24, 2.45) is 0 Å². The SMILES string of the molecule is CCN(CC)S(=O)(=O)c1ccc(OCC(=O)NCC(F)(F)F)c([N+](=O)[O-])c1. The molecule has 0 aliphatic heterocycles. The van der Waals surface area contributed by atoms with Gasteiger partial charge in [-0.2, -0.15) is 17.5 Å². The number of halogens is 3. The molecule has 0 fully saturated rings. The van der Waals surface area contributed by atoms with E-state index in [0.717, 1.165) is 22.5 Å². The third kappa shape index (κ3) is 6.36. The molecular formula is C14H18F3N3O6S. The number of benzene rings is 1. The average molecular weight is 413 g/mol. The fourth-order valence-electron chi connectivity index (χ4n) is 2.03. The van der Waals surface area contributed by atoms with Crippen LogP contribution in [0.2, 0.25) is 0 Å². The number of amides is 1. The van der Waals surface area contributed by atoms with E-state index in [1.807, 2.05) is 0 Å². The Hall–Kier alpha value is -2.41. The second-order valence-corrected chi connectivity index (χ2v) is 7.09. The predicted octanol–water partition coefficient (Wildman–Crippen LogP) is 1.68. The van der Waals surface area contributed by atoms with Gasteiger partial charge in [-0.15, -0.1) is 0 Å². The zero-order valence-corrected chi connectivity index (χ0v) is 15.3. The number of hydrogen-bond acceptors (Lipinski definition) is 6. The van der Waals surface area contributed by atoms with Crippen molar-refractivity contribution in [2.45, 2.75) is 24.9 Å². The van der Waals surface area contributed by atoms with Crippen molar-refractivity contribution < 1.29 is 36.0 Å². The van der Waals surface area contributed by atoms with Crippen LogP contribution in [0.4, 0.5) is 18.9 Å². The third-order valence-electron chi connectivity index (χ3n) is 3.32. The minimum atomic E-state index is -4.61. The predicted molar refractivity (Wildman–Crippen MR) is 87.8 cm³/mol. The van der Waals surface area contributed by atoms with E-state index in [2.05, 4.69) is 0 Å². The Morgan fingerprint density at radius 1 is 1.30 bits per heavy atom. The molecule has 0 atom stereocenters. The van der Waals surface area contributed by atoms with Gasteiger partial charge in [0.25, 0.3) is 5.91 Å². The van der Waals surface area contributed by atoms with Gasteiger partial charge in [0, 0.05) is 19.2 Å². The van der Waals surface area contributed by atoms with Crippen molar-refractivity contribution in [3.8, 4) is 5.75 Å². The van der Waals surface area contributed by atoms with E-state index in [1.165, 1.54) is 0 Å². The number of carbonyl (C=O) groups is 1. The van der Waals surface area contributed by atoms with Crippen LogP contribution in [0.1, 0.15) is 13.8 Å². The number of nitrogens with zero attached hydrogens (tertiary/aromatic N) is 2. The molecule has 152 valence electrons. The first-order valence-electron chi connectivity index (χ1n) is 7.67. The third-order valence-corrected chi connectivity index (χ3v) is 5.36. The number of rotatable bonds is 9. The van der Waals surface area contributed by atoms with Gasteiger partial charge in [-0.3, -0.25) is 14.9 Å². The Balaban J connectivity index is 3.01. The van der Waals surface area contributed by atoms with Crippen molar-refractivity contribution >= 4 is 21.6 Å². The molecule has 1 rings (SSSR count). The topological polar surface area (TPSA) is 119 Å². The van der Waals surface area contributed by atoms with Gasteiger partial charge < -0.3 is 10.1 Å². The van der Waals surface area contributed by atoms with Gasteiger partial charge in [-0.25, -0.2) is 8.42 Å². The van der Waals surface area contributed by atoms with Crippen LogP contribution in [0.3, 0.4) is 0 Å². The molecule has 0 radical (unpaired) electrons. The number of carbonyl (C=O) groups excluding carboxylic acids is 1. The Labute approximate surface area is 153 Å². The van der Waals surface area contributed by atoms with Gasteiger partial charge in [-0.1, -0.05) is 13.8 Å². The zero-order chi connectivity index (χ0) is 20.8. The molecule has 0 saturated carbocycles. The summed E-state index contributed by atoms with van der Waals surface area (Å²) in [5.74, 6) is -1.58. The van der Waals surface area contributed by atoms with Crippen LogP contribution in [-0.4, -0.2) is 56.0 Å². The first-order chi connectivity index (χ1) is 12.4. The monoisotopic (exact) mass is 413 g/mol. The van der Waals surface area contributed by atoms with Crippen molar-refractivity contribution in [1.29, 1.82) is 0 Å². The van der Waals surface area contributed by atoms with Crippen LogP contribution in [0, 0.1) is 10.1 Å². The Morgan fingerprint density at radius 2 is 1.89 bits per heavy atom.